The van der Waals surface area contributed by atoms with Gasteiger partial charge in [0, 0.05) is 18.8 Å². The van der Waals surface area contributed by atoms with E-state index in [4.69, 9.17) is 0 Å². The van der Waals surface area contributed by atoms with Gasteiger partial charge in [-0.2, -0.15) is 5.10 Å². The predicted octanol–water partition coefficient (Wildman–Crippen LogP) is 3.08. The number of rotatable bonds is 9. The lowest BCUT2D eigenvalue weighted by Crippen LogP contribution is -2.30. The molecule has 0 amide bonds. The van der Waals surface area contributed by atoms with Crippen LogP contribution >= 0.6 is 0 Å². The average molecular weight is 251 g/mol. The standard InChI is InChI=1S/C15H29N3/c1-5-8-14(16-11-6-2)9-10-15-12-13(7-3)17-18(15)4/h12,14,16H,5-11H2,1-4H3. The van der Waals surface area contributed by atoms with Crippen molar-refractivity contribution in [2.45, 2.75) is 65.3 Å². The largest absolute Gasteiger partial charge is 0.314 e. The molecule has 3 nitrogen and oxygen atoms in total. The van der Waals surface area contributed by atoms with Crippen LogP contribution in [0.1, 0.15) is 57.8 Å². The van der Waals surface area contributed by atoms with Crippen molar-refractivity contribution in [2.75, 3.05) is 6.54 Å². The fraction of sp³-hybridized carbons (Fsp3) is 0.800. The van der Waals surface area contributed by atoms with Crippen LogP contribution in [0, 0.1) is 0 Å². The predicted molar refractivity (Wildman–Crippen MR) is 77.9 cm³/mol. The minimum Gasteiger partial charge on any atom is -0.314 e. The van der Waals surface area contributed by atoms with Crippen LogP contribution in [0.2, 0.25) is 0 Å². The van der Waals surface area contributed by atoms with Gasteiger partial charge in [-0.25, -0.2) is 0 Å². The van der Waals surface area contributed by atoms with E-state index in [1.54, 1.807) is 0 Å². The topological polar surface area (TPSA) is 29.9 Å². The quantitative estimate of drug-likeness (QED) is 0.731. The van der Waals surface area contributed by atoms with Crippen molar-refractivity contribution in [3.05, 3.63) is 17.5 Å². The Kier molecular flexibility index (Phi) is 7.02. The molecule has 18 heavy (non-hydrogen) atoms. The minimum atomic E-state index is 0.662. The van der Waals surface area contributed by atoms with Crippen LogP contribution in [-0.4, -0.2) is 22.4 Å². The maximum Gasteiger partial charge on any atom is 0.0624 e. The molecule has 0 fully saturated rings. The Morgan fingerprint density at radius 1 is 1.22 bits per heavy atom. The van der Waals surface area contributed by atoms with Gasteiger partial charge >= 0.3 is 0 Å². The molecule has 1 heterocycles. The Hall–Kier alpha value is -0.830. The number of aromatic nitrogens is 2. The van der Waals surface area contributed by atoms with Crippen molar-refractivity contribution in [2.24, 2.45) is 7.05 Å². The van der Waals surface area contributed by atoms with Crippen LogP contribution in [0.15, 0.2) is 6.07 Å². The van der Waals surface area contributed by atoms with Gasteiger partial charge in [0.25, 0.3) is 0 Å². The lowest BCUT2D eigenvalue weighted by molar-refractivity contribution is 0.444. The fourth-order valence-corrected chi connectivity index (χ4v) is 2.35. The second-order valence-electron chi connectivity index (χ2n) is 5.08. The van der Waals surface area contributed by atoms with E-state index >= 15 is 0 Å². The average Bonchev–Trinajstić information content (AvgIpc) is 2.73. The van der Waals surface area contributed by atoms with E-state index in [2.05, 4.69) is 44.3 Å². The molecule has 0 saturated heterocycles. The zero-order chi connectivity index (χ0) is 13.4. The summed E-state index contributed by atoms with van der Waals surface area (Å²) >= 11 is 0. The van der Waals surface area contributed by atoms with Crippen LogP contribution < -0.4 is 5.32 Å². The van der Waals surface area contributed by atoms with Gasteiger partial charge in [0.05, 0.1) is 5.69 Å². The van der Waals surface area contributed by atoms with Crippen LogP contribution in [-0.2, 0) is 19.9 Å². The first-order valence-electron chi connectivity index (χ1n) is 7.46. The third kappa shape index (κ3) is 4.81. The summed E-state index contributed by atoms with van der Waals surface area (Å²) < 4.78 is 2.04. The molecule has 0 aliphatic carbocycles. The van der Waals surface area contributed by atoms with Gasteiger partial charge < -0.3 is 5.32 Å². The fourth-order valence-electron chi connectivity index (χ4n) is 2.35. The van der Waals surface area contributed by atoms with Crippen molar-refractivity contribution >= 4 is 0 Å². The molecule has 0 saturated carbocycles. The summed E-state index contributed by atoms with van der Waals surface area (Å²) in [5.74, 6) is 0. The number of hydrogen-bond acceptors (Lipinski definition) is 2. The summed E-state index contributed by atoms with van der Waals surface area (Å²) in [6.07, 6.45) is 7.12. The van der Waals surface area contributed by atoms with Crippen LogP contribution in [0.3, 0.4) is 0 Å². The van der Waals surface area contributed by atoms with Crippen molar-refractivity contribution in [1.29, 1.82) is 0 Å². The Balaban J connectivity index is 2.46. The molecule has 0 bridgehead atoms. The van der Waals surface area contributed by atoms with Crippen molar-refractivity contribution < 1.29 is 0 Å². The SMILES string of the molecule is CCCNC(CCC)CCc1cc(CC)nn1C. The van der Waals surface area contributed by atoms with Crippen LogP contribution in [0.5, 0.6) is 0 Å². The molecular formula is C15H29N3. The van der Waals surface area contributed by atoms with Crippen molar-refractivity contribution in [1.82, 2.24) is 15.1 Å². The van der Waals surface area contributed by atoms with Gasteiger partial charge in [-0.1, -0.05) is 27.2 Å². The number of aryl methyl sites for hydroxylation is 3. The summed E-state index contributed by atoms with van der Waals surface area (Å²) in [4.78, 5) is 0. The van der Waals surface area contributed by atoms with E-state index in [1.807, 2.05) is 4.68 Å². The van der Waals surface area contributed by atoms with E-state index in [-0.39, 0.29) is 0 Å². The van der Waals surface area contributed by atoms with Gasteiger partial charge in [0.1, 0.15) is 0 Å². The first-order chi connectivity index (χ1) is 8.71. The van der Waals surface area contributed by atoms with Crippen LogP contribution in [0.25, 0.3) is 0 Å². The first-order valence-corrected chi connectivity index (χ1v) is 7.46. The summed E-state index contributed by atoms with van der Waals surface area (Å²) in [5.41, 5.74) is 2.58. The number of nitrogens with one attached hydrogen (secondary N) is 1. The van der Waals surface area contributed by atoms with E-state index < -0.39 is 0 Å². The van der Waals surface area contributed by atoms with E-state index in [9.17, 15) is 0 Å². The van der Waals surface area contributed by atoms with Crippen LogP contribution in [0.4, 0.5) is 0 Å². The first kappa shape index (κ1) is 15.2. The number of hydrogen-bond donors (Lipinski definition) is 1. The Morgan fingerprint density at radius 2 is 2.00 bits per heavy atom. The van der Waals surface area contributed by atoms with Gasteiger partial charge in [-0.3, -0.25) is 4.68 Å². The van der Waals surface area contributed by atoms with Gasteiger partial charge in [-0.05, 0) is 44.7 Å². The molecule has 1 aromatic rings. The summed E-state index contributed by atoms with van der Waals surface area (Å²) in [6, 6.07) is 2.91. The highest BCUT2D eigenvalue weighted by Gasteiger charge is 2.09. The lowest BCUT2D eigenvalue weighted by atomic mass is 10.0. The smallest absolute Gasteiger partial charge is 0.0624 e. The monoisotopic (exact) mass is 251 g/mol. The summed E-state index contributed by atoms with van der Waals surface area (Å²) in [6.45, 7) is 7.79. The normalized spacial score (nSPS) is 12.9. The lowest BCUT2D eigenvalue weighted by Gasteiger charge is -2.17. The second kappa shape index (κ2) is 8.30. The Bertz CT molecular complexity index is 330. The van der Waals surface area contributed by atoms with E-state index in [0.29, 0.717) is 6.04 Å². The molecular weight excluding hydrogens is 222 g/mol. The summed E-state index contributed by atoms with van der Waals surface area (Å²) in [5, 5.41) is 8.16. The third-order valence-corrected chi connectivity index (χ3v) is 3.46. The molecule has 1 atom stereocenters. The maximum atomic E-state index is 4.51. The third-order valence-electron chi connectivity index (χ3n) is 3.46. The van der Waals surface area contributed by atoms with Crippen molar-refractivity contribution in [3.8, 4) is 0 Å². The number of nitrogens with zero attached hydrogens (tertiary/aromatic N) is 2. The second-order valence-corrected chi connectivity index (χ2v) is 5.08. The molecule has 1 unspecified atom stereocenters. The molecule has 3 heteroatoms. The van der Waals surface area contributed by atoms with Gasteiger partial charge in [-0.15, -0.1) is 0 Å². The maximum absolute atomic E-state index is 4.51. The zero-order valence-corrected chi connectivity index (χ0v) is 12.5. The molecule has 1 rings (SSSR count). The minimum absolute atomic E-state index is 0.662. The molecule has 1 aromatic heterocycles. The molecule has 0 radical (unpaired) electrons. The molecule has 0 spiro atoms. The zero-order valence-electron chi connectivity index (χ0n) is 12.5. The molecule has 104 valence electrons. The van der Waals surface area contributed by atoms with Gasteiger partial charge in [0.2, 0.25) is 0 Å². The molecule has 1 N–H and O–H groups in total. The Morgan fingerprint density at radius 3 is 2.56 bits per heavy atom. The highest BCUT2D eigenvalue weighted by Crippen LogP contribution is 2.10. The van der Waals surface area contributed by atoms with Crippen molar-refractivity contribution in [3.63, 3.8) is 0 Å². The highest BCUT2D eigenvalue weighted by atomic mass is 15.3. The van der Waals surface area contributed by atoms with E-state index in [1.165, 1.54) is 37.1 Å². The van der Waals surface area contributed by atoms with Gasteiger partial charge in [0.15, 0.2) is 0 Å². The Labute approximate surface area is 112 Å². The summed E-state index contributed by atoms with van der Waals surface area (Å²) in [7, 11) is 2.06. The van der Waals surface area contributed by atoms with E-state index in [0.717, 1.165) is 19.4 Å². The molecule has 0 aliphatic rings. The highest BCUT2D eigenvalue weighted by molar-refractivity contribution is 5.10. The molecule has 0 aliphatic heterocycles. The molecule has 0 aromatic carbocycles.